The van der Waals surface area contributed by atoms with Crippen LogP contribution in [0.25, 0.3) is 16.7 Å². The highest BCUT2D eigenvalue weighted by atomic mass is 32.2. The number of anilines is 2. The van der Waals surface area contributed by atoms with Gasteiger partial charge in [0.05, 0.1) is 11.1 Å². The zero-order chi connectivity index (χ0) is 17.2. The quantitative estimate of drug-likeness (QED) is 0.547. The molecule has 0 aliphatic heterocycles. The predicted molar refractivity (Wildman–Crippen MR) is 103 cm³/mol. The van der Waals surface area contributed by atoms with Gasteiger partial charge in [0.1, 0.15) is 17.2 Å². The summed E-state index contributed by atoms with van der Waals surface area (Å²) in [5.41, 5.74) is 3.98. The van der Waals surface area contributed by atoms with Crippen molar-refractivity contribution in [1.29, 1.82) is 0 Å². The summed E-state index contributed by atoms with van der Waals surface area (Å²) >= 11 is 1.59. The van der Waals surface area contributed by atoms with Crippen molar-refractivity contribution in [1.82, 2.24) is 19.7 Å². The maximum atomic E-state index is 4.73. The predicted octanol–water partition coefficient (Wildman–Crippen LogP) is 4.59. The molecule has 0 radical (unpaired) electrons. The fraction of sp³-hybridized carbons (Fsp3) is 0.105. The largest absolute Gasteiger partial charge is 0.339 e. The Morgan fingerprint density at radius 1 is 0.960 bits per heavy atom. The number of hydrogen-bond donors (Lipinski definition) is 1. The van der Waals surface area contributed by atoms with E-state index in [1.165, 1.54) is 5.56 Å². The molecule has 1 N–H and O–H groups in total. The minimum Gasteiger partial charge on any atom is -0.339 e. The van der Waals surface area contributed by atoms with Gasteiger partial charge in [-0.1, -0.05) is 35.9 Å². The van der Waals surface area contributed by atoms with Crippen molar-refractivity contribution in [2.24, 2.45) is 0 Å². The third-order valence-electron chi connectivity index (χ3n) is 3.94. The van der Waals surface area contributed by atoms with Gasteiger partial charge in [-0.15, -0.1) is 11.8 Å². The number of fused-ring (bicyclic) bond motifs is 1. The van der Waals surface area contributed by atoms with Gasteiger partial charge >= 0.3 is 0 Å². The van der Waals surface area contributed by atoms with E-state index >= 15 is 0 Å². The molecule has 0 aliphatic carbocycles. The molecule has 0 amide bonds. The maximum absolute atomic E-state index is 4.73. The van der Waals surface area contributed by atoms with Crippen molar-refractivity contribution in [2.75, 3.05) is 11.6 Å². The molecule has 6 heteroatoms. The summed E-state index contributed by atoms with van der Waals surface area (Å²) in [5.74, 6) is 0.764. The Kier molecular flexibility index (Phi) is 4.11. The van der Waals surface area contributed by atoms with Gasteiger partial charge in [0, 0.05) is 5.69 Å². The van der Waals surface area contributed by atoms with E-state index in [1.807, 2.05) is 53.4 Å². The highest BCUT2D eigenvalue weighted by Crippen LogP contribution is 2.32. The molecule has 4 aromatic rings. The highest BCUT2D eigenvalue weighted by Gasteiger charge is 2.17. The first kappa shape index (κ1) is 15.7. The van der Waals surface area contributed by atoms with Gasteiger partial charge in [0.15, 0.2) is 5.65 Å². The molecule has 0 saturated heterocycles. The lowest BCUT2D eigenvalue weighted by Crippen LogP contribution is -1.99. The Hall–Kier alpha value is -2.86. The number of benzene rings is 2. The van der Waals surface area contributed by atoms with E-state index < -0.39 is 0 Å². The Bertz CT molecular complexity index is 1010. The SMILES string of the molecule is CSc1nn(-c2ccccc2)c2ncnc(Nc3ccc(C)cc3)c12. The van der Waals surface area contributed by atoms with Gasteiger partial charge in [-0.3, -0.25) is 0 Å². The van der Waals surface area contributed by atoms with Gasteiger partial charge in [-0.05, 0) is 37.4 Å². The first-order valence-electron chi connectivity index (χ1n) is 7.93. The van der Waals surface area contributed by atoms with Crippen molar-refractivity contribution in [3.63, 3.8) is 0 Å². The normalized spacial score (nSPS) is 11.0. The van der Waals surface area contributed by atoms with Crippen LogP contribution in [0.15, 0.2) is 66.0 Å². The average Bonchev–Trinajstić information content (AvgIpc) is 3.04. The van der Waals surface area contributed by atoms with Crippen molar-refractivity contribution in [3.8, 4) is 5.69 Å². The molecular weight excluding hydrogens is 330 g/mol. The van der Waals surface area contributed by atoms with E-state index in [2.05, 4.69) is 34.3 Å². The summed E-state index contributed by atoms with van der Waals surface area (Å²) in [7, 11) is 0. The monoisotopic (exact) mass is 347 g/mol. The third kappa shape index (κ3) is 2.96. The first-order chi connectivity index (χ1) is 12.3. The molecule has 0 bridgehead atoms. The smallest absolute Gasteiger partial charge is 0.169 e. The van der Waals surface area contributed by atoms with Crippen molar-refractivity contribution in [2.45, 2.75) is 11.9 Å². The van der Waals surface area contributed by atoms with Crippen LogP contribution in [0.2, 0.25) is 0 Å². The molecule has 2 heterocycles. The van der Waals surface area contributed by atoms with Gasteiger partial charge in [0.2, 0.25) is 0 Å². The minimum absolute atomic E-state index is 0.764. The number of rotatable bonds is 4. The van der Waals surface area contributed by atoms with Crippen LogP contribution in [0.1, 0.15) is 5.56 Å². The summed E-state index contributed by atoms with van der Waals surface area (Å²) in [6, 6.07) is 18.3. The second-order valence-electron chi connectivity index (χ2n) is 5.67. The fourth-order valence-corrected chi connectivity index (χ4v) is 3.24. The lowest BCUT2D eigenvalue weighted by Gasteiger charge is -2.07. The van der Waals surface area contributed by atoms with Gasteiger partial charge < -0.3 is 5.32 Å². The molecule has 0 aliphatic rings. The van der Waals surface area contributed by atoms with E-state index in [1.54, 1.807) is 18.1 Å². The third-order valence-corrected chi connectivity index (χ3v) is 4.61. The van der Waals surface area contributed by atoms with Crippen molar-refractivity contribution in [3.05, 3.63) is 66.5 Å². The number of hydrogen-bond acceptors (Lipinski definition) is 5. The molecule has 2 aromatic carbocycles. The van der Waals surface area contributed by atoms with Crippen LogP contribution in [0.4, 0.5) is 11.5 Å². The standard InChI is InChI=1S/C19H17N5S/c1-13-8-10-14(11-9-13)22-17-16-18(21-12-20-17)24(23-19(16)25-2)15-6-4-3-5-7-15/h3-12H,1-2H3,(H,20,21,22). The van der Waals surface area contributed by atoms with Gasteiger partial charge in [-0.2, -0.15) is 5.10 Å². The van der Waals surface area contributed by atoms with E-state index in [-0.39, 0.29) is 0 Å². The summed E-state index contributed by atoms with van der Waals surface area (Å²) in [5, 5.41) is 9.95. The lowest BCUT2D eigenvalue weighted by molar-refractivity contribution is 0.852. The van der Waals surface area contributed by atoms with Crippen molar-refractivity contribution < 1.29 is 0 Å². The van der Waals surface area contributed by atoms with Gasteiger partial charge in [-0.25, -0.2) is 14.6 Å². The zero-order valence-corrected chi connectivity index (χ0v) is 14.8. The second-order valence-corrected chi connectivity index (χ2v) is 6.46. The van der Waals surface area contributed by atoms with E-state index in [0.29, 0.717) is 0 Å². The fourth-order valence-electron chi connectivity index (χ4n) is 2.68. The van der Waals surface area contributed by atoms with E-state index in [4.69, 9.17) is 5.10 Å². The van der Waals surface area contributed by atoms with Crippen LogP contribution in [-0.4, -0.2) is 26.0 Å². The molecule has 0 unspecified atom stereocenters. The number of aromatic nitrogens is 4. The molecule has 124 valence electrons. The Labute approximate surface area is 150 Å². The highest BCUT2D eigenvalue weighted by molar-refractivity contribution is 7.98. The Morgan fingerprint density at radius 2 is 1.72 bits per heavy atom. The Morgan fingerprint density at radius 3 is 2.44 bits per heavy atom. The summed E-state index contributed by atoms with van der Waals surface area (Å²) in [6.45, 7) is 2.07. The van der Waals surface area contributed by atoms with Crippen LogP contribution in [0.3, 0.4) is 0 Å². The van der Waals surface area contributed by atoms with E-state index in [9.17, 15) is 0 Å². The van der Waals surface area contributed by atoms with Crippen LogP contribution in [0.5, 0.6) is 0 Å². The average molecular weight is 347 g/mol. The van der Waals surface area contributed by atoms with Crippen molar-refractivity contribution >= 4 is 34.3 Å². The summed E-state index contributed by atoms with van der Waals surface area (Å²) in [4.78, 5) is 8.93. The number of aryl methyl sites for hydroxylation is 1. The second kappa shape index (κ2) is 6.57. The number of thioether (sulfide) groups is 1. The molecule has 0 saturated carbocycles. The number of para-hydroxylation sites is 1. The molecule has 25 heavy (non-hydrogen) atoms. The molecule has 4 rings (SSSR count). The molecule has 2 aromatic heterocycles. The van der Waals surface area contributed by atoms with E-state index in [0.717, 1.165) is 33.3 Å². The van der Waals surface area contributed by atoms with Crippen LogP contribution >= 0.6 is 11.8 Å². The van der Waals surface area contributed by atoms with Crippen LogP contribution < -0.4 is 5.32 Å². The molecule has 5 nitrogen and oxygen atoms in total. The molecule has 0 spiro atoms. The van der Waals surface area contributed by atoms with Crippen LogP contribution in [0, 0.1) is 6.92 Å². The number of nitrogens with one attached hydrogen (secondary N) is 1. The molecule has 0 atom stereocenters. The van der Waals surface area contributed by atoms with Crippen LogP contribution in [-0.2, 0) is 0 Å². The zero-order valence-electron chi connectivity index (χ0n) is 14.0. The number of nitrogens with zero attached hydrogens (tertiary/aromatic N) is 4. The van der Waals surface area contributed by atoms with Gasteiger partial charge in [0.25, 0.3) is 0 Å². The minimum atomic E-state index is 0.764. The summed E-state index contributed by atoms with van der Waals surface area (Å²) in [6.07, 6.45) is 3.59. The Balaban J connectivity index is 1.86. The summed E-state index contributed by atoms with van der Waals surface area (Å²) < 4.78 is 1.86. The molecular formula is C19H17N5S. The topological polar surface area (TPSA) is 55.6 Å². The maximum Gasteiger partial charge on any atom is 0.169 e. The first-order valence-corrected chi connectivity index (χ1v) is 9.15. The lowest BCUT2D eigenvalue weighted by atomic mass is 10.2. The molecule has 0 fully saturated rings.